The number of carbonyl (C=O) groups is 1. The highest BCUT2D eigenvalue weighted by molar-refractivity contribution is 7.99. The van der Waals surface area contributed by atoms with Crippen molar-refractivity contribution in [3.63, 3.8) is 0 Å². The van der Waals surface area contributed by atoms with Crippen molar-refractivity contribution in [2.45, 2.75) is 18.2 Å². The van der Waals surface area contributed by atoms with Crippen molar-refractivity contribution in [2.24, 2.45) is 0 Å². The van der Waals surface area contributed by atoms with Crippen molar-refractivity contribution in [2.75, 3.05) is 33.0 Å². The van der Waals surface area contributed by atoms with Gasteiger partial charge in [-0.1, -0.05) is 18.2 Å². The Balaban J connectivity index is 0.00000220. The summed E-state index contributed by atoms with van der Waals surface area (Å²) < 4.78 is 5.44. The summed E-state index contributed by atoms with van der Waals surface area (Å²) in [4.78, 5) is 14.5. The van der Waals surface area contributed by atoms with Gasteiger partial charge in [-0.3, -0.25) is 4.79 Å². The van der Waals surface area contributed by atoms with Crippen LogP contribution in [0.5, 0.6) is 5.75 Å². The summed E-state index contributed by atoms with van der Waals surface area (Å²) >= 11 is 1.59. The zero-order valence-electron chi connectivity index (χ0n) is 12.7. The van der Waals surface area contributed by atoms with E-state index < -0.39 is 0 Å². The minimum atomic E-state index is -0.00897. The first kappa shape index (κ1) is 18.1. The van der Waals surface area contributed by atoms with Gasteiger partial charge in [0.05, 0.1) is 18.4 Å². The number of thioether (sulfide) groups is 1. The lowest BCUT2D eigenvalue weighted by molar-refractivity contribution is -0.133. The molecule has 1 heterocycles. The van der Waals surface area contributed by atoms with Gasteiger partial charge in [0.2, 0.25) is 5.91 Å². The lowest BCUT2D eigenvalue weighted by Gasteiger charge is -2.38. The summed E-state index contributed by atoms with van der Waals surface area (Å²) in [6.07, 6.45) is 1.98. The summed E-state index contributed by atoms with van der Waals surface area (Å²) in [5.41, 5.74) is 1.07. The number of methoxy groups -OCH3 is 1. The van der Waals surface area contributed by atoms with Gasteiger partial charge in [0.15, 0.2) is 0 Å². The van der Waals surface area contributed by atoms with Crippen LogP contribution < -0.4 is 10.1 Å². The zero-order valence-corrected chi connectivity index (χ0v) is 14.3. The Morgan fingerprint density at radius 3 is 2.86 bits per heavy atom. The van der Waals surface area contributed by atoms with Gasteiger partial charge in [-0.05, 0) is 19.2 Å². The molecule has 0 spiro atoms. The molecule has 1 saturated heterocycles. The first-order valence-electron chi connectivity index (χ1n) is 6.86. The van der Waals surface area contributed by atoms with Crippen LogP contribution in [0.25, 0.3) is 0 Å². The number of nitrogens with one attached hydrogen (secondary N) is 1. The molecule has 118 valence electrons. The Bertz CT molecular complexity index is 473. The number of rotatable bonds is 4. The van der Waals surface area contributed by atoms with Crippen molar-refractivity contribution in [3.05, 3.63) is 29.8 Å². The van der Waals surface area contributed by atoms with Gasteiger partial charge in [0.25, 0.3) is 0 Å². The lowest BCUT2D eigenvalue weighted by Crippen LogP contribution is -2.50. The van der Waals surface area contributed by atoms with Crippen molar-refractivity contribution in [3.8, 4) is 5.75 Å². The number of hydrogen-bond donors (Lipinski definition) is 1. The monoisotopic (exact) mass is 330 g/mol. The number of halogens is 1. The van der Waals surface area contributed by atoms with E-state index in [0.717, 1.165) is 30.9 Å². The molecule has 0 saturated carbocycles. The number of piperazine rings is 1. The summed E-state index contributed by atoms with van der Waals surface area (Å²) in [6.45, 7) is 4.33. The van der Waals surface area contributed by atoms with Crippen LogP contribution in [0.3, 0.4) is 0 Å². The molecule has 1 amide bonds. The molecule has 0 aromatic heterocycles. The highest BCUT2D eigenvalue weighted by atomic mass is 35.5. The van der Waals surface area contributed by atoms with Gasteiger partial charge in [0.1, 0.15) is 5.75 Å². The maximum absolute atomic E-state index is 12.5. The molecule has 2 unspecified atom stereocenters. The minimum absolute atomic E-state index is 0. The first-order chi connectivity index (χ1) is 9.69. The SMILES string of the molecule is COc1ccccc1C1CNCCN1C(=O)C(C)SC.Cl. The third-order valence-electron chi connectivity index (χ3n) is 3.73. The van der Waals surface area contributed by atoms with Crippen LogP contribution in [-0.4, -0.2) is 49.1 Å². The summed E-state index contributed by atoms with van der Waals surface area (Å²) in [7, 11) is 1.67. The number of carbonyl (C=O) groups excluding carboxylic acids is 1. The summed E-state index contributed by atoms with van der Waals surface area (Å²) in [6, 6.07) is 7.98. The molecule has 1 fully saturated rings. The average molecular weight is 331 g/mol. The second-order valence-electron chi connectivity index (χ2n) is 4.87. The highest BCUT2D eigenvalue weighted by Crippen LogP contribution is 2.31. The Hall–Kier alpha value is -0.910. The molecular formula is C15H23ClN2O2S. The fourth-order valence-electron chi connectivity index (χ4n) is 2.52. The molecule has 21 heavy (non-hydrogen) atoms. The lowest BCUT2D eigenvalue weighted by atomic mass is 10.0. The molecule has 2 rings (SSSR count). The molecule has 1 aromatic rings. The van der Waals surface area contributed by atoms with Crippen molar-refractivity contribution in [1.82, 2.24) is 10.2 Å². The fourth-order valence-corrected chi connectivity index (χ4v) is 2.86. The van der Waals surface area contributed by atoms with Gasteiger partial charge in [0, 0.05) is 25.2 Å². The number of benzene rings is 1. The van der Waals surface area contributed by atoms with Gasteiger partial charge < -0.3 is 15.0 Å². The number of para-hydroxylation sites is 1. The van der Waals surface area contributed by atoms with E-state index in [0.29, 0.717) is 0 Å². The van der Waals surface area contributed by atoms with Crippen LogP contribution in [0.2, 0.25) is 0 Å². The number of hydrogen-bond acceptors (Lipinski definition) is 4. The predicted molar refractivity (Wildman–Crippen MR) is 90.5 cm³/mol. The maximum atomic E-state index is 12.5. The van der Waals surface area contributed by atoms with E-state index in [1.54, 1.807) is 18.9 Å². The van der Waals surface area contributed by atoms with E-state index >= 15 is 0 Å². The van der Waals surface area contributed by atoms with Gasteiger partial charge in [-0.2, -0.15) is 11.8 Å². The molecule has 0 radical (unpaired) electrons. The van der Waals surface area contributed by atoms with Crippen LogP contribution >= 0.6 is 24.2 Å². The van der Waals surface area contributed by atoms with E-state index in [9.17, 15) is 4.79 Å². The minimum Gasteiger partial charge on any atom is -0.496 e. The second-order valence-corrected chi connectivity index (χ2v) is 6.05. The first-order valence-corrected chi connectivity index (χ1v) is 8.14. The Labute approximate surface area is 137 Å². The normalized spacial score (nSPS) is 19.6. The van der Waals surface area contributed by atoms with Crippen molar-refractivity contribution in [1.29, 1.82) is 0 Å². The zero-order chi connectivity index (χ0) is 14.5. The van der Waals surface area contributed by atoms with E-state index in [2.05, 4.69) is 5.32 Å². The van der Waals surface area contributed by atoms with E-state index in [4.69, 9.17) is 4.74 Å². The Kier molecular flexibility index (Phi) is 7.35. The number of amides is 1. The van der Waals surface area contributed by atoms with Crippen LogP contribution in [0, 0.1) is 0 Å². The topological polar surface area (TPSA) is 41.6 Å². The third-order valence-corrected chi connectivity index (χ3v) is 4.63. The quantitative estimate of drug-likeness (QED) is 0.920. The molecule has 4 nitrogen and oxygen atoms in total. The third kappa shape index (κ3) is 4.05. The van der Waals surface area contributed by atoms with Crippen LogP contribution in [0.15, 0.2) is 24.3 Å². The molecule has 1 aliphatic rings. The van der Waals surface area contributed by atoms with Crippen molar-refractivity contribution < 1.29 is 9.53 Å². The molecule has 1 N–H and O–H groups in total. The number of ether oxygens (including phenoxy) is 1. The maximum Gasteiger partial charge on any atom is 0.235 e. The molecule has 1 aromatic carbocycles. The van der Waals surface area contributed by atoms with Gasteiger partial charge >= 0.3 is 0 Å². The van der Waals surface area contributed by atoms with Crippen LogP contribution in [0.4, 0.5) is 0 Å². The Morgan fingerprint density at radius 1 is 1.48 bits per heavy atom. The van der Waals surface area contributed by atoms with E-state index in [-0.39, 0.29) is 29.6 Å². The van der Waals surface area contributed by atoms with Crippen molar-refractivity contribution >= 4 is 30.1 Å². The molecule has 1 aliphatic heterocycles. The summed E-state index contributed by atoms with van der Waals surface area (Å²) in [5, 5.41) is 3.36. The highest BCUT2D eigenvalue weighted by Gasteiger charge is 2.31. The van der Waals surface area contributed by atoms with Gasteiger partial charge in [-0.25, -0.2) is 0 Å². The molecule has 0 aliphatic carbocycles. The van der Waals surface area contributed by atoms with Crippen LogP contribution in [0.1, 0.15) is 18.5 Å². The smallest absolute Gasteiger partial charge is 0.235 e. The van der Waals surface area contributed by atoms with E-state index in [1.165, 1.54) is 0 Å². The van der Waals surface area contributed by atoms with Crippen LogP contribution in [-0.2, 0) is 4.79 Å². The second kappa shape index (κ2) is 8.51. The fraction of sp³-hybridized carbons (Fsp3) is 0.533. The molecular weight excluding hydrogens is 308 g/mol. The number of nitrogens with zero attached hydrogens (tertiary/aromatic N) is 1. The van der Waals surface area contributed by atoms with E-state index in [1.807, 2.05) is 42.3 Å². The predicted octanol–water partition coefficient (Wildman–Crippen LogP) is 2.34. The standard InChI is InChI=1S/C15H22N2O2S.ClH/c1-11(20-3)15(18)17-9-8-16-10-13(17)12-6-4-5-7-14(12)19-2;/h4-7,11,13,16H,8-10H2,1-3H3;1H. The molecule has 2 atom stereocenters. The largest absolute Gasteiger partial charge is 0.496 e. The van der Waals surface area contributed by atoms with Gasteiger partial charge in [-0.15, -0.1) is 12.4 Å². The average Bonchev–Trinajstić information content (AvgIpc) is 2.53. The molecule has 6 heteroatoms. The molecule has 0 bridgehead atoms. The summed E-state index contributed by atoms with van der Waals surface area (Å²) in [5.74, 6) is 1.05. The Morgan fingerprint density at radius 2 is 2.19 bits per heavy atom.